The summed E-state index contributed by atoms with van der Waals surface area (Å²) in [5, 5.41) is 5.06. The first-order valence-electron chi connectivity index (χ1n) is 8.18. The molecular weight excluding hydrogens is 360 g/mol. The van der Waals surface area contributed by atoms with Crippen LogP contribution in [0.2, 0.25) is 0 Å². The number of hydrogen-bond acceptors (Lipinski definition) is 5. The van der Waals surface area contributed by atoms with Crippen LogP contribution in [-0.4, -0.2) is 61.1 Å². The molecule has 10 heteroatoms. The van der Waals surface area contributed by atoms with Gasteiger partial charge in [-0.15, -0.1) is 0 Å². The minimum absolute atomic E-state index is 0.0498. The summed E-state index contributed by atoms with van der Waals surface area (Å²) in [6.07, 6.45) is 0.404. The maximum atomic E-state index is 12.9. The molecule has 2 aliphatic rings. The second-order valence-electron chi connectivity index (χ2n) is 6.39. The SMILES string of the molecule is CC(=O)Nc1ccc(S(=O)(=O)N2CCC(N3C(=O)CNC3=O)C2)c(C)c1. The standard InChI is InChI=1S/C16H20N4O5S/c1-10-7-12(18-11(2)21)3-4-14(10)26(24,25)19-6-5-13(9-19)20-15(22)8-17-16(20)23/h3-4,7,13H,5-6,8-9H2,1-2H3,(H,17,23)(H,18,21). The van der Waals surface area contributed by atoms with Crippen LogP contribution in [0, 0.1) is 6.92 Å². The molecule has 3 rings (SSSR count). The van der Waals surface area contributed by atoms with Gasteiger partial charge in [-0.25, -0.2) is 13.2 Å². The Balaban J connectivity index is 1.80. The molecule has 0 aromatic heterocycles. The third kappa shape index (κ3) is 3.29. The minimum Gasteiger partial charge on any atom is -0.329 e. The van der Waals surface area contributed by atoms with Crippen LogP contribution in [0.15, 0.2) is 23.1 Å². The summed E-state index contributed by atoms with van der Waals surface area (Å²) < 4.78 is 27.2. The van der Waals surface area contributed by atoms with E-state index in [1.807, 2.05) is 0 Å². The van der Waals surface area contributed by atoms with E-state index in [-0.39, 0.29) is 36.3 Å². The maximum absolute atomic E-state index is 12.9. The fourth-order valence-electron chi connectivity index (χ4n) is 3.30. The van der Waals surface area contributed by atoms with Crippen LogP contribution < -0.4 is 10.6 Å². The van der Waals surface area contributed by atoms with Crippen molar-refractivity contribution in [3.63, 3.8) is 0 Å². The summed E-state index contributed by atoms with van der Waals surface area (Å²) in [4.78, 5) is 36.0. The number of amides is 4. The van der Waals surface area contributed by atoms with Gasteiger partial charge in [0, 0.05) is 25.7 Å². The molecule has 0 radical (unpaired) electrons. The Kier molecular flexibility index (Phi) is 4.72. The van der Waals surface area contributed by atoms with Crippen molar-refractivity contribution in [3.05, 3.63) is 23.8 Å². The molecule has 2 fully saturated rings. The summed E-state index contributed by atoms with van der Waals surface area (Å²) >= 11 is 0. The van der Waals surface area contributed by atoms with Gasteiger partial charge < -0.3 is 10.6 Å². The highest BCUT2D eigenvalue weighted by Crippen LogP contribution is 2.28. The van der Waals surface area contributed by atoms with Gasteiger partial charge in [0.2, 0.25) is 21.8 Å². The predicted octanol–water partition coefficient (Wildman–Crippen LogP) is 0.268. The van der Waals surface area contributed by atoms with E-state index in [9.17, 15) is 22.8 Å². The van der Waals surface area contributed by atoms with Crippen molar-refractivity contribution < 1.29 is 22.8 Å². The Labute approximate surface area is 151 Å². The minimum atomic E-state index is -3.76. The lowest BCUT2D eigenvalue weighted by Gasteiger charge is -2.22. The molecule has 4 amide bonds. The van der Waals surface area contributed by atoms with E-state index in [1.54, 1.807) is 13.0 Å². The van der Waals surface area contributed by atoms with Gasteiger partial charge in [-0.1, -0.05) is 0 Å². The highest BCUT2D eigenvalue weighted by molar-refractivity contribution is 7.89. The molecule has 1 aromatic carbocycles. The fourth-order valence-corrected chi connectivity index (χ4v) is 5.00. The quantitative estimate of drug-likeness (QED) is 0.728. The van der Waals surface area contributed by atoms with Crippen LogP contribution in [0.1, 0.15) is 18.9 Å². The number of imide groups is 1. The van der Waals surface area contributed by atoms with E-state index in [4.69, 9.17) is 0 Å². The van der Waals surface area contributed by atoms with Crippen LogP contribution >= 0.6 is 0 Å². The molecule has 1 aromatic rings. The predicted molar refractivity (Wildman–Crippen MR) is 92.9 cm³/mol. The number of sulfonamides is 1. The number of nitrogens with one attached hydrogen (secondary N) is 2. The smallest absolute Gasteiger partial charge is 0.324 e. The molecule has 140 valence electrons. The molecule has 0 saturated carbocycles. The van der Waals surface area contributed by atoms with Gasteiger partial charge in [0.15, 0.2) is 0 Å². The van der Waals surface area contributed by atoms with Crippen molar-refractivity contribution in [1.29, 1.82) is 0 Å². The van der Waals surface area contributed by atoms with Crippen LogP contribution in [0.3, 0.4) is 0 Å². The number of carbonyl (C=O) groups is 3. The Morgan fingerprint density at radius 3 is 2.62 bits per heavy atom. The Morgan fingerprint density at radius 2 is 2.04 bits per heavy atom. The van der Waals surface area contributed by atoms with Crippen LogP contribution in [0.5, 0.6) is 0 Å². The van der Waals surface area contributed by atoms with Gasteiger partial charge in [0.05, 0.1) is 17.5 Å². The summed E-state index contributed by atoms with van der Waals surface area (Å²) in [6, 6.07) is 3.65. The van der Waals surface area contributed by atoms with Crippen molar-refractivity contribution in [2.45, 2.75) is 31.2 Å². The van der Waals surface area contributed by atoms with E-state index >= 15 is 0 Å². The molecule has 9 nitrogen and oxygen atoms in total. The number of carbonyl (C=O) groups excluding carboxylic acids is 3. The summed E-state index contributed by atoms with van der Waals surface area (Å²) in [5.74, 6) is -0.578. The van der Waals surface area contributed by atoms with Gasteiger partial charge in [0.1, 0.15) is 0 Å². The van der Waals surface area contributed by atoms with E-state index in [2.05, 4.69) is 10.6 Å². The third-order valence-electron chi connectivity index (χ3n) is 4.48. The molecule has 0 bridgehead atoms. The topological polar surface area (TPSA) is 116 Å². The zero-order valence-corrected chi connectivity index (χ0v) is 15.3. The number of urea groups is 1. The summed E-state index contributed by atoms with van der Waals surface area (Å²) in [5.41, 5.74) is 1.03. The van der Waals surface area contributed by atoms with Gasteiger partial charge in [-0.05, 0) is 37.1 Å². The Morgan fingerprint density at radius 1 is 1.31 bits per heavy atom. The highest BCUT2D eigenvalue weighted by Gasteiger charge is 2.42. The third-order valence-corrected chi connectivity index (χ3v) is 6.51. The van der Waals surface area contributed by atoms with Gasteiger partial charge >= 0.3 is 6.03 Å². The van der Waals surface area contributed by atoms with Gasteiger partial charge in [-0.2, -0.15) is 4.31 Å². The van der Waals surface area contributed by atoms with Gasteiger partial charge in [0.25, 0.3) is 0 Å². The molecule has 2 N–H and O–H groups in total. The van der Waals surface area contributed by atoms with Gasteiger partial charge in [-0.3, -0.25) is 14.5 Å². The lowest BCUT2D eigenvalue weighted by Crippen LogP contribution is -2.42. The van der Waals surface area contributed by atoms with Crippen molar-refractivity contribution in [3.8, 4) is 0 Å². The molecule has 0 aliphatic carbocycles. The number of anilines is 1. The molecule has 0 spiro atoms. The molecule has 2 heterocycles. The maximum Gasteiger partial charge on any atom is 0.324 e. The Hall–Kier alpha value is -2.46. The first-order chi connectivity index (χ1) is 12.2. The van der Waals surface area contributed by atoms with E-state index in [0.717, 1.165) is 4.90 Å². The normalized spacial score (nSPS) is 21.2. The molecule has 2 aliphatic heterocycles. The molecule has 1 unspecified atom stereocenters. The van der Waals surface area contributed by atoms with Crippen LogP contribution in [-0.2, 0) is 19.6 Å². The second-order valence-corrected chi connectivity index (χ2v) is 8.30. The summed E-state index contributed by atoms with van der Waals surface area (Å²) in [6.45, 7) is 3.29. The first-order valence-corrected chi connectivity index (χ1v) is 9.62. The zero-order chi connectivity index (χ0) is 19.1. The lowest BCUT2D eigenvalue weighted by molar-refractivity contribution is -0.126. The van der Waals surface area contributed by atoms with Crippen molar-refractivity contribution >= 4 is 33.6 Å². The first kappa shape index (κ1) is 18.3. The fraction of sp³-hybridized carbons (Fsp3) is 0.438. The molecule has 1 atom stereocenters. The number of aryl methyl sites for hydroxylation is 1. The number of hydrogen-bond donors (Lipinski definition) is 2. The number of rotatable bonds is 4. The molecular formula is C16H20N4O5S. The molecule has 26 heavy (non-hydrogen) atoms. The monoisotopic (exact) mass is 380 g/mol. The Bertz CT molecular complexity index is 867. The van der Waals surface area contributed by atoms with Crippen LogP contribution in [0.4, 0.5) is 10.5 Å². The summed E-state index contributed by atoms with van der Waals surface area (Å²) in [7, 11) is -3.76. The molecule has 2 saturated heterocycles. The van der Waals surface area contributed by atoms with Crippen molar-refractivity contribution in [1.82, 2.24) is 14.5 Å². The zero-order valence-electron chi connectivity index (χ0n) is 14.5. The number of benzene rings is 1. The number of nitrogens with zero attached hydrogens (tertiary/aromatic N) is 2. The largest absolute Gasteiger partial charge is 0.329 e. The second kappa shape index (κ2) is 6.69. The van der Waals surface area contributed by atoms with E-state index in [1.165, 1.54) is 23.4 Å². The van der Waals surface area contributed by atoms with E-state index < -0.39 is 22.1 Å². The van der Waals surface area contributed by atoms with E-state index in [0.29, 0.717) is 17.7 Å². The van der Waals surface area contributed by atoms with Crippen molar-refractivity contribution in [2.24, 2.45) is 0 Å². The van der Waals surface area contributed by atoms with Crippen molar-refractivity contribution in [2.75, 3.05) is 25.0 Å². The van der Waals surface area contributed by atoms with Crippen LogP contribution in [0.25, 0.3) is 0 Å². The average Bonchev–Trinajstić information content (AvgIpc) is 3.13. The lowest BCUT2D eigenvalue weighted by atomic mass is 10.2. The highest BCUT2D eigenvalue weighted by atomic mass is 32.2. The average molecular weight is 380 g/mol.